The first-order valence-corrected chi connectivity index (χ1v) is 8.68. The molecule has 0 N–H and O–H groups in total. The largest absolute Gasteiger partial charge is 0.493 e. The Labute approximate surface area is 143 Å². The summed E-state index contributed by atoms with van der Waals surface area (Å²) in [4.78, 5) is 5.12. The van der Waals surface area contributed by atoms with Gasteiger partial charge < -0.3 is 9.47 Å². The number of ether oxygens (including phenoxy) is 2. The molecule has 0 radical (unpaired) electrons. The van der Waals surface area contributed by atoms with Crippen LogP contribution in [0.5, 0.6) is 11.5 Å². The molecule has 2 atom stereocenters. The third kappa shape index (κ3) is 2.99. The van der Waals surface area contributed by atoms with Crippen molar-refractivity contribution in [2.75, 3.05) is 33.3 Å². The van der Waals surface area contributed by atoms with Crippen molar-refractivity contribution in [3.63, 3.8) is 0 Å². The van der Waals surface area contributed by atoms with Crippen LogP contribution in [-0.4, -0.2) is 43.1 Å². The van der Waals surface area contributed by atoms with Gasteiger partial charge in [-0.3, -0.25) is 9.80 Å². The zero-order valence-electron chi connectivity index (χ0n) is 14.1. The average molecular weight is 324 g/mol. The summed E-state index contributed by atoms with van der Waals surface area (Å²) in [5.41, 5.74) is 2.46. The van der Waals surface area contributed by atoms with Gasteiger partial charge in [0.25, 0.3) is 0 Å². The van der Waals surface area contributed by atoms with Crippen LogP contribution >= 0.6 is 0 Å². The number of nitrogens with zero attached hydrogens (tertiary/aromatic N) is 2. The second kappa shape index (κ2) is 6.83. The zero-order valence-corrected chi connectivity index (χ0v) is 14.1. The Kier molecular flexibility index (Phi) is 4.41. The quantitative estimate of drug-likeness (QED) is 0.842. The molecule has 2 aliphatic rings. The van der Waals surface area contributed by atoms with E-state index in [1.807, 2.05) is 24.3 Å². The average Bonchev–Trinajstić information content (AvgIpc) is 2.89. The molecule has 24 heavy (non-hydrogen) atoms. The van der Waals surface area contributed by atoms with Crippen molar-refractivity contribution in [2.24, 2.45) is 0 Å². The van der Waals surface area contributed by atoms with Gasteiger partial charge in [-0.2, -0.15) is 0 Å². The fourth-order valence-corrected chi connectivity index (χ4v) is 3.80. The highest BCUT2D eigenvalue weighted by atomic mass is 16.5. The number of rotatable bonds is 5. The number of hydrogen-bond acceptors (Lipinski definition) is 4. The van der Waals surface area contributed by atoms with Gasteiger partial charge in [-0.25, -0.2) is 0 Å². The number of methoxy groups -OCH3 is 1. The fourth-order valence-electron chi connectivity index (χ4n) is 3.80. The van der Waals surface area contributed by atoms with E-state index in [0.29, 0.717) is 12.8 Å². The zero-order chi connectivity index (χ0) is 16.4. The molecule has 0 aromatic heterocycles. The summed E-state index contributed by atoms with van der Waals surface area (Å²) in [7, 11) is 1.71. The van der Waals surface area contributed by atoms with Crippen LogP contribution in [0.15, 0.2) is 48.5 Å². The van der Waals surface area contributed by atoms with Crippen molar-refractivity contribution in [1.82, 2.24) is 9.80 Å². The van der Waals surface area contributed by atoms with E-state index in [-0.39, 0.29) is 0 Å². The molecule has 0 amide bonds. The summed E-state index contributed by atoms with van der Waals surface area (Å²) in [6.45, 7) is 5.27. The Hall–Kier alpha value is -2.04. The van der Waals surface area contributed by atoms with Gasteiger partial charge >= 0.3 is 0 Å². The molecule has 2 aliphatic heterocycles. The lowest BCUT2D eigenvalue weighted by Crippen LogP contribution is -2.37. The molecule has 2 bridgehead atoms. The van der Waals surface area contributed by atoms with E-state index in [0.717, 1.165) is 17.1 Å². The fraction of sp³-hybridized carbons (Fsp3) is 0.400. The molecule has 2 saturated heterocycles. The summed E-state index contributed by atoms with van der Waals surface area (Å²) >= 11 is 0. The van der Waals surface area contributed by atoms with Crippen LogP contribution in [0.4, 0.5) is 0 Å². The molecule has 0 saturated carbocycles. The van der Waals surface area contributed by atoms with Gasteiger partial charge in [0.2, 0.25) is 0 Å². The Morgan fingerprint density at radius 2 is 1.67 bits per heavy atom. The number of benzene rings is 2. The van der Waals surface area contributed by atoms with Crippen LogP contribution in [0.1, 0.15) is 23.7 Å². The predicted octanol–water partition coefficient (Wildman–Crippen LogP) is 3.29. The molecule has 4 nitrogen and oxygen atoms in total. The first kappa shape index (κ1) is 15.5. The molecule has 2 fully saturated rings. The van der Waals surface area contributed by atoms with E-state index in [4.69, 9.17) is 9.47 Å². The van der Waals surface area contributed by atoms with Crippen molar-refractivity contribution in [2.45, 2.75) is 19.2 Å². The standard InChI is InChI=1S/C20H24N2O2/c1-23-19-14-17(20-21-10-5-11-22(20)13-12-21)8-9-18(19)24-15-16-6-3-2-4-7-16/h2-4,6-9,14,20H,5,10-13,15H2,1H3. The van der Waals surface area contributed by atoms with Crippen molar-refractivity contribution in [1.29, 1.82) is 0 Å². The summed E-state index contributed by atoms with van der Waals surface area (Å²) < 4.78 is 11.6. The SMILES string of the molecule is COc1cc(C2N3CCCN2CC3)ccc1OCc1ccccc1. The number of fused-ring (bicyclic) bond motifs is 2. The second-order valence-corrected chi connectivity index (χ2v) is 6.48. The first-order chi connectivity index (χ1) is 11.8. The first-order valence-electron chi connectivity index (χ1n) is 8.68. The summed E-state index contributed by atoms with van der Waals surface area (Å²) in [5.74, 6) is 1.62. The Morgan fingerprint density at radius 3 is 2.38 bits per heavy atom. The van der Waals surface area contributed by atoms with Crippen LogP contribution < -0.4 is 9.47 Å². The van der Waals surface area contributed by atoms with Crippen LogP contribution in [0.3, 0.4) is 0 Å². The Morgan fingerprint density at radius 1 is 0.917 bits per heavy atom. The molecule has 4 heteroatoms. The normalized spacial score (nSPS) is 25.5. The van der Waals surface area contributed by atoms with E-state index >= 15 is 0 Å². The van der Waals surface area contributed by atoms with Crippen molar-refractivity contribution < 1.29 is 9.47 Å². The lowest BCUT2D eigenvalue weighted by molar-refractivity contribution is 0.0925. The topological polar surface area (TPSA) is 24.9 Å². The molecule has 126 valence electrons. The number of hydrogen-bond donors (Lipinski definition) is 0. The molecular formula is C20H24N2O2. The van der Waals surface area contributed by atoms with Crippen LogP contribution in [0.2, 0.25) is 0 Å². The van der Waals surface area contributed by atoms with Crippen molar-refractivity contribution in [3.8, 4) is 11.5 Å². The minimum absolute atomic E-state index is 0.399. The van der Waals surface area contributed by atoms with Crippen LogP contribution in [-0.2, 0) is 6.61 Å². The maximum Gasteiger partial charge on any atom is 0.161 e. The van der Waals surface area contributed by atoms with Gasteiger partial charge in [-0.1, -0.05) is 36.4 Å². The van der Waals surface area contributed by atoms with Gasteiger partial charge in [0.15, 0.2) is 11.5 Å². The van der Waals surface area contributed by atoms with E-state index in [2.05, 4.69) is 34.1 Å². The van der Waals surface area contributed by atoms with E-state index < -0.39 is 0 Å². The van der Waals surface area contributed by atoms with Gasteiger partial charge in [0, 0.05) is 26.2 Å². The highest BCUT2D eigenvalue weighted by Crippen LogP contribution is 2.37. The molecule has 2 aromatic carbocycles. The maximum absolute atomic E-state index is 5.97. The monoisotopic (exact) mass is 324 g/mol. The lowest BCUT2D eigenvalue weighted by Gasteiger charge is -2.35. The lowest BCUT2D eigenvalue weighted by atomic mass is 10.1. The highest BCUT2D eigenvalue weighted by Gasteiger charge is 2.36. The second-order valence-electron chi connectivity index (χ2n) is 6.48. The summed E-state index contributed by atoms with van der Waals surface area (Å²) in [5, 5.41) is 0. The van der Waals surface area contributed by atoms with Crippen LogP contribution in [0, 0.1) is 0 Å². The smallest absolute Gasteiger partial charge is 0.161 e. The maximum atomic E-state index is 5.97. The third-order valence-electron chi connectivity index (χ3n) is 4.98. The Balaban J connectivity index is 1.52. The molecule has 0 spiro atoms. The van der Waals surface area contributed by atoms with Gasteiger partial charge in [0.05, 0.1) is 13.3 Å². The van der Waals surface area contributed by atoms with Gasteiger partial charge in [0.1, 0.15) is 6.61 Å². The van der Waals surface area contributed by atoms with Crippen LogP contribution in [0.25, 0.3) is 0 Å². The molecular weight excluding hydrogens is 300 g/mol. The van der Waals surface area contributed by atoms with Crippen molar-refractivity contribution >= 4 is 0 Å². The third-order valence-corrected chi connectivity index (χ3v) is 4.98. The summed E-state index contributed by atoms with van der Waals surface area (Å²) in [6.07, 6.45) is 1.67. The Bertz CT molecular complexity index is 673. The van der Waals surface area contributed by atoms with Gasteiger partial charge in [-0.15, -0.1) is 0 Å². The predicted molar refractivity (Wildman–Crippen MR) is 94.3 cm³/mol. The molecule has 4 rings (SSSR count). The highest BCUT2D eigenvalue weighted by molar-refractivity contribution is 5.44. The molecule has 2 heterocycles. The summed E-state index contributed by atoms with van der Waals surface area (Å²) in [6, 6.07) is 16.6. The van der Waals surface area contributed by atoms with Gasteiger partial charge in [-0.05, 0) is 29.7 Å². The van der Waals surface area contributed by atoms with E-state index in [1.165, 1.54) is 38.2 Å². The minimum atomic E-state index is 0.399. The minimum Gasteiger partial charge on any atom is -0.493 e. The molecule has 2 unspecified atom stereocenters. The van der Waals surface area contributed by atoms with E-state index in [1.54, 1.807) is 7.11 Å². The molecule has 2 aromatic rings. The molecule has 0 aliphatic carbocycles. The van der Waals surface area contributed by atoms with Crippen molar-refractivity contribution in [3.05, 3.63) is 59.7 Å². The van der Waals surface area contributed by atoms with E-state index in [9.17, 15) is 0 Å².